The molecule has 0 bridgehead atoms. The number of urea groups is 1. The van der Waals surface area contributed by atoms with Gasteiger partial charge in [-0.15, -0.1) is 0 Å². The first-order valence-corrected chi connectivity index (χ1v) is 12.7. The van der Waals surface area contributed by atoms with Gasteiger partial charge in [0.1, 0.15) is 5.75 Å². The fourth-order valence-corrected chi connectivity index (χ4v) is 5.27. The number of hydrogen-bond acceptors (Lipinski definition) is 3. The van der Waals surface area contributed by atoms with Crippen molar-refractivity contribution in [3.05, 3.63) is 89.0 Å². The molecule has 3 aromatic rings. The third-order valence-corrected chi connectivity index (χ3v) is 7.31. The van der Waals surface area contributed by atoms with Crippen molar-refractivity contribution in [2.24, 2.45) is 5.92 Å². The van der Waals surface area contributed by atoms with E-state index in [1.807, 2.05) is 48.2 Å². The molecule has 1 aliphatic heterocycles. The summed E-state index contributed by atoms with van der Waals surface area (Å²) in [6, 6.07) is 22.5. The van der Waals surface area contributed by atoms with Crippen LogP contribution >= 0.6 is 0 Å². The molecule has 0 saturated heterocycles. The molecule has 2 aliphatic rings. The summed E-state index contributed by atoms with van der Waals surface area (Å²) in [6.07, 6.45) is 1.66. The van der Waals surface area contributed by atoms with Crippen molar-refractivity contribution >= 4 is 11.9 Å². The van der Waals surface area contributed by atoms with E-state index in [0.717, 1.165) is 40.8 Å². The molecule has 1 heterocycles. The highest BCUT2D eigenvalue weighted by Gasteiger charge is 2.43. The Morgan fingerprint density at radius 1 is 1.00 bits per heavy atom. The Kier molecular flexibility index (Phi) is 6.94. The van der Waals surface area contributed by atoms with E-state index in [0.29, 0.717) is 32.1 Å². The Labute approximate surface area is 212 Å². The molecule has 36 heavy (non-hydrogen) atoms. The third kappa shape index (κ3) is 4.94. The van der Waals surface area contributed by atoms with Crippen LogP contribution in [0.5, 0.6) is 5.75 Å². The molecule has 0 unspecified atom stereocenters. The van der Waals surface area contributed by atoms with E-state index >= 15 is 0 Å². The van der Waals surface area contributed by atoms with Gasteiger partial charge in [0, 0.05) is 32.1 Å². The van der Waals surface area contributed by atoms with E-state index in [-0.39, 0.29) is 17.9 Å². The van der Waals surface area contributed by atoms with Gasteiger partial charge in [-0.2, -0.15) is 0 Å². The van der Waals surface area contributed by atoms with Crippen LogP contribution in [0.1, 0.15) is 41.5 Å². The number of hydrogen-bond donors (Lipinski definition) is 2. The zero-order chi connectivity index (χ0) is 25.1. The van der Waals surface area contributed by atoms with Gasteiger partial charge < -0.3 is 20.3 Å². The van der Waals surface area contributed by atoms with E-state index in [1.165, 1.54) is 11.1 Å². The third-order valence-electron chi connectivity index (χ3n) is 7.31. The van der Waals surface area contributed by atoms with Crippen molar-refractivity contribution in [1.82, 2.24) is 15.5 Å². The summed E-state index contributed by atoms with van der Waals surface area (Å²) in [5, 5.41) is 6.10. The van der Waals surface area contributed by atoms with Crippen LogP contribution in [0, 0.1) is 5.92 Å². The predicted octanol–water partition coefficient (Wildman–Crippen LogP) is 4.87. The average molecular weight is 484 g/mol. The number of ether oxygens (including phenoxy) is 1. The SMILES string of the molecule is CCNC(=O)N1CCc2c(-c3cccc(OC)c3)ccc(CNC(=O)[C@@H]3C[C@H]3c3ccccc3)c2C1. The van der Waals surface area contributed by atoms with E-state index in [4.69, 9.17) is 4.74 Å². The maximum atomic E-state index is 12.9. The molecule has 0 spiro atoms. The second-order valence-corrected chi connectivity index (χ2v) is 9.55. The molecular weight excluding hydrogens is 450 g/mol. The molecule has 1 saturated carbocycles. The number of carbonyl (C=O) groups excluding carboxylic acids is 2. The van der Waals surface area contributed by atoms with E-state index in [2.05, 4.69) is 41.0 Å². The van der Waals surface area contributed by atoms with Gasteiger partial charge in [-0.1, -0.05) is 54.6 Å². The van der Waals surface area contributed by atoms with Crippen LogP contribution < -0.4 is 15.4 Å². The van der Waals surface area contributed by atoms with Crippen LogP contribution in [0.2, 0.25) is 0 Å². The van der Waals surface area contributed by atoms with Gasteiger partial charge in [-0.05, 0) is 71.2 Å². The summed E-state index contributed by atoms with van der Waals surface area (Å²) in [7, 11) is 1.67. The molecular formula is C30H33N3O3. The van der Waals surface area contributed by atoms with Gasteiger partial charge in [-0.25, -0.2) is 4.79 Å². The normalized spacial score (nSPS) is 18.2. The number of benzene rings is 3. The summed E-state index contributed by atoms with van der Waals surface area (Å²) in [6.45, 7) is 4.17. The predicted molar refractivity (Wildman–Crippen MR) is 141 cm³/mol. The molecule has 6 nitrogen and oxygen atoms in total. The molecule has 186 valence electrons. The number of fused-ring (bicyclic) bond motifs is 1. The van der Waals surface area contributed by atoms with E-state index < -0.39 is 0 Å². The molecule has 3 amide bonds. The van der Waals surface area contributed by atoms with Crippen molar-refractivity contribution in [2.75, 3.05) is 20.2 Å². The van der Waals surface area contributed by atoms with Crippen LogP contribution in [0.4, 0.5) is 4.79 Å². The number of methoxy groups -OCH3 is 1. The Balaban J connectivity index is 1.38. The summed E-state index contributed by atoms with van der Waals surface area (Å²) < 4.78 is 5.44. The molecule has 2 atom stereocenters. The smallest absolute Gasteiger partial charge is 0.317 e. The minimum atomic E-state index is -0.0476. The van der Waals surface area contributed by atoms with Crippen molar-refractivity contribution in [3.8, 4) is 16.9 Å². The Morgan fingerprint density at radius 2 is 1.83 bits per heavy atom. The van der Waals surface area contributed by atoms with Gasteiger partial charge in [0.05, 0.1) is 7.11 Å². The lowest BCUT2D eigenvalue weighted by atomic mass is 9.87. The molecule has 0 aromatic heterocycles. The maximum absolute atomic E-state index is 12.9. The first-order valence-electron chi connectivity index (χ1n) is 12.7. The van der Waals surface area contributed by atoms with Gasteiger partial charge in [-0.3, -0.25) is 4.79 Å². The second-order valence-electron chi connectivity index (χ2n) is 9.55. The van der Waals surface area contributed by atoms with Crippen molar-refractivity contribution in [2.45, 2.75) is 38.8 Å². The lowest BCUT2D eigenvalue weighted by Gasteiger charge is -2.32. The fraction of sp³-hybridized carbons (Fsp3) is 0.333. The number of carbonyl (C=O) groups is 2. The molecule has 5 rings (SSSR count). The van der Waals surface area contributed by atoms with Crippen LogP contribution in [0.3, 0.4) is 0 Å². The first-order chi connectivity index (χ1) is 17.6. The standard InChI is InChI=1S/C30H33N3O3/c1-3-31-30(35)33-15-14-25-24(21-10-7-11-23(16-21)36-2)13-12-22(28(25)19-33)18-32-29(34)27-17-26(27)20-8-5-4-6-9-20/h4-13,16,26-27H,3,14-15,17-19H2,1-2H3,(H,31,35)(H,32,34)/t26-,27+/m0/s1. The van der Waals surface area contributed by atoms with Crippen LogP contribution in [-0.2, 0) is 24.3 Å². The highest BCUT2D eigenvalue weighted by Crippen LogP contribution is 2.47. The minimum absolute atomic E-state index is 0.0334. The van der Waals surface area contributed by atoms with E-state index in [9.17, 15) is 9.59 Å². The van der Waals surface area contributed by atoms with E-state index in [1.54, 1.807) is 7.11 Å². The average Bonchev–Trinajstić information content (AvgIpc) is 3.73. The van der Waals surface area contributed by atoms with Gasteiger partial charge in [0.2, 0.25) is 5.91 Å². The lowest BCUT2D eigenvalue weighted by Crippen LogP contribution is -2.43. The first kappa shape index (κ1) is 23.9. The number of rotatable bonds is 7. The highest BCUT2D eigenvalue weighted by molar-refractivity contribution is 5.83. The largest absolute Gasteiger partial charge is 0.497 e. The molecule has 1 aliphatic carbocycles. The summed E-state index contributed by atoms with van der Waals surface area (Å²) in [5.41, 5.74) is 6.91. The van der Waals surface area contributed by atoms with Crippen LogP contribution in [0.25, 0.3) is 11.1 Å². The fourth-order valence-electron chi connectivity index (χ4n) is 5.27. The monoisotopic (exact) mass is 483 g/mol. The Hall–Kier alpha value is -3.80. The van der Waals surface area contributed by atoms with Crippen molar-refractivity contribution in [1.29, 1.82) is 0 Å². The van der Waals surface area contributed by atoms with Crippen LogP contribution in [-0.4, -0.2) is 37.0 Å². The van der Waals surface area contributed by atoms with Gasteiger partial charge >= 0.3 is 6.03 Å². The summed E-state index contributed by atoms with van der Waals surface area (Å²) in [4.78, 5) is 27.4. The number of nitrogens with zero attached hydrogens (tertiary/aromatic N) is 1. The topological polar surface area (TPSA) is 70.7 Å². The molecule has 1 fully saturated rings. The van der Waals surface area contributed by atoms with Gasteiger partial charge in [0.15, 0.2) is 0 Å². The zero-order valence-electron chi connectivity index (χ0n) is 20.9. The van der Waals surface area contributed by atoms with Crippen molar-refractivity contribution in [3.63, 3.8) is 0 Å². The number of nitrogens with one attached hydrogen (secondary N) is 2. The molecule has 0 radical (unpaired) electrons. The van der Waals surface area contributed by atoms with Crippen molar-refractivity contribution < 1.29 is 14.3 Å². The second kappa shape index (κ2) is 10.4. The molecule has 3 aromatic carbocycles. The number of amides is 3. The van der Waals surface area contributed by atoms with Gasteiger partial charge in [0.25, 0.3) is 0 Å². The van der Waals surface area contributed by atoms with Crippen LogP contribution in [0.15, 0.2) is 66.7 Å². The molecule has 6 heteroatoms. The quantitative estimate of drug-likeness (QED) is 0.504. The molecule has 2 N–H and O–H groups in total. The minimum Gasteiger partial charge on any atom is -0.497 e. The summed E-state index contributed by atoms with van der Waals surface area (Å²) >= 11 is 0. The zero-order valence-corrected chi connectivity index (χ0v) is 20.9. The highest BCUT2D eigenvalue weighted by atomic mass is 16.5. The lowest BCUT2D eigenvalue weighted by molar-refractivity contribution is -0.122. The summed E-state index contributed by atoms with van der Waals surface area (Å²) in [5.74, 6) is 1.26. The maximum Gasteiger partial charge on any atom is 0.317 e. The Bertz CT molecular complexity index is 1260. The Morgan fingerprint density at radius 3 is 2.61 bits per heavy atom.